The number of hydrogen-bond acceptors (Lipinski definition) is 2. The maximum Gasteiger partial charge on any atom is 0.0309 e. The fourth-order valence-corrected chi connectivity index (χ4v) is 3.62. The first kappa shape index (κ1) is 14.1. The fraction of sp³-hybridized carbons (Fsp3) is 0.667. The lowest BCUT2D eigenvalue weighted by molar-refractivity contribution is 0.0790. The molecule has 1 aliphatic carbocycles. The van der Waals surface area contributed by atoms with Gasteiger partial charge in [0.15, 0.2) is 0 Å². The SMILES string of the molecule is CC(CN1CC(C)(C2CC2)NCC1C)c1ccccc1. The molecule has 1 N–H and O–H groups in total. The molecule has 2 fully saturated rings. The number of nitrogens with one attached hydrogen (secondary N) is 1. The average molecular weight is 272 g/mol. The maximum atomic E-state index is 3.81. The second-order valence-electron chi connectivity index (χ2n) is 7.16. The summed E-state index contributed by atoms with van der Waals surface area (Å²) < 4.78 is 0. The van der Waals surface area contributed by atoms with Crippen LogP contribution in [0.5, 0.6) is 0 Å². The standard InChI is InChI=1S/C18H28N2/c1-14(16-7-5-4-6-8-16)12-20-13-18(3,17-9-10-17)19-11-15(20)2/h4-8,14-15,17,19H,9-13H2,1-3H3. The highest BCUT2D eigenvalue weighted by Crippen LogP contribution is 2.41. The highest BCUT2D eigenvalue weighted by atomic mass is 15.3. The number of nitrogens with zero attached hydrogens (tertiary/aromatic N) is 1. The third-order valence-electron chi connectivity index (χ3n) is 5.31. The zero-order valence-electron chi connectivity index (χ0n) is 13.1. The molecule has 0 radical (unpaired) electrons. The zero-order valence-corrected chi connectivity index (χ0v) is 13.1. The minimum absolute atomic E-state index is 0.350. The van der Waals surface area contributed by atoms with Gasteiger partial charge in [0.2, 0.25) is 0 Å². The van der Waals surface area contributed by atoms with E-state index in [9.17, 15) is 0 Å². The summed E-state index contributed by atoms with van der Waals surface area (Å²) in [6.45, 7) is 10.7. The molecule has 0 bridgehead atoms. The smallest absolute Gasteiger partial charge is 0.0309 e. The Balaban J connectivity index is 1.66. The van der Waals surface area contributed by atoms with Gasteiger partial charge in [-0.2, -0.15) is 0 Å². The topological polar surface area (TPSA) is 15.3 Å². The minimum Gasteiger partial charge on any atom is -0.308 e. The van der Waals surface area contributed by atoms with Crippen LogP contribution >= 0.6 is 0 Å². The minimum atomic E-state index is 0.350. The van der Waals surface area contributed by atoms with Crippen molar-refractivity contribution >= 4 is 0 Å². The summed E-state index contributed by atoms with van der Waals surface area (Å²) in [4.78, 5) is 2.70. The van der Waals surface area contributed by atoms with Gasteiger partial charge in [0, 0.05) is 31.2 Å². The van der Waals surface area contributed by atoms with Crippen molar-refractivity contribution in [2.45, 2.75) is 51.1 Å². The number of benzene rings is 1. The van der Waals surface area contributed by atoms with E-state index in [1.165, 1.54) is 31.5 Å². The summed E-state index contributed by atoms with van der Waals surface area (Å²) in [5.74, 6) is 1.52. The summed E-state index contributed by atoms with van der Waals surface area (Å²) >= 11 is 0. The number of hydrogen-bond donors (Lipinski definition) is 1. The molecule has 3 unspecified atom stereocenters. The molecular formula is C18H28N2. The number of rotatable bonds is 4. The van der Waals surface area contributed by atoms with E-state index in [4.69, 9.17) is 0 Å². The van der Waals surface area contributed by atoms with Gasteiger partial charge in [0.25, 0.3) is 0 Å². The van der Waals surface area contributed by atoms with Crippen LogP contribution in [-0.2, 0) is 0 Å². The van der Waals surface area contributed by atoms with Crippen molar-refractivity contribution in [2.75, 3.05) is 19.6 Å². The number of piperazine rings is 1. The van der Waals surface area contributed by atoms with E-state index in [1.54, 1.807) is 0 Å². The lowest BCUT2D eigenvalue weighted by Gasteiger charge is -2.46. The molecule has 20 heavy (non-hydrogen) atoms. The molecule has 0 amide bonds. The molecule has 2 aliphatic rings. The second kappa shape index (κ2) is 5.50. The Labute approximate surface area is 123 Å². The molecule has 1 aromatic rings. The van der Waals surface area contributed by atoms with E-state index < -0.39 is 0 Å². The molecule has 3 rings (SSSR count). The van der Waals surface area contributed by atoms with Crippen molar-refractivity contribution in [1.29, 1.82) is 0 Å². The van der Waals surface area contributed by atoms with Crippen LogP contribution in [0.2, 0.25) is 0 Å². The Hall–Kier alpha value is -0.860. The fourth-order valence-electron chi connectivity index (χ4n) is 3.62. The third-order valence-corrected chi connectivity index (χ3v) is 5.31. The lowest BCUT2D eigenvalue weighted by Crippen LogP contribution is -2.63. The van der Waals surface area contributed by atoms with Gasteiger partial charge >= 0.3 is 0 Å². The Morgan fingerprint density at radius 2 is 2.00 bits per heavy atom. The van der Waals surface area contributed by atoms with Crippen LogP contribution in [0.15, 0.2) is 30.3 Å². The van der Waals surface area contributed by atoms with Crippen molar-refractivity contribution < 1.29 is 0 Å². The van der Waals surface area contributed by atoms with Crippen molar-refractivity contribution in [1.82, 2.24) is 10.2 Å². The summed E-state index contributed by atoms with van der Waals surface area (Å²) in [5, 5.41) is 3.81. The Morgan fingerprint density at radius 3 is 2.65 bits per heavy atom. The molecular weight excluding hydrogens is 244 g/mol. The molecule has 2 nitrogen and oxygen atoms in total. The van der Waals surface area contributed by atoms with E-state index in [2.05, 4.69) is 61.3 Å². The predicted octanol–water partition coefficient (Wildman–Crippen LogP) is 3.25. The van der Waals surface area contributed by atoms with Crippen LogP contribution in [0.4, 0.5) is 0 Å². The van der Waals surface area contributed by atoms with Crippen molar-refractivity contribution in [3.05, 3.63) is 35.9 Å². The normalized spacial score (nSPS) is 33.0. The summed E-state index contributed by atoms with van der Waals surface area (Å²) in [5.41, 5.74) is 1.81. The Bertz CT molecular complexity index is 440. The predicted molar refractivity (Wildman–Crippen MR) is 85.0 cm³/mol. The van der Waals surface area contributed by atoms with Gasteiger partial charge in [-0.25, -0.2) is 0 Å². The van der Waals surface area contributed by atoms with E-state index in [0.29, 0.717) is 17.5 Å². The first-order valence-corrected chi connectivity index (χ1v) is 8.12. The van der Waals surface area contributed by atoms with Crippen LogP contribution in [-0.4, -0.2) is 36.1 Å². The van der Waals surface area contributed by atoms with E-state index in [1.807, 2.05) is 0 Å². The zero-order chi connectivity index (χ0) is 14.2. The van der Waals surface area contributed by atoms with Crippen LogP contribution < -0.4 is 5.32 Å². The van der Waals surface area contributed by atoms with Crippen LogP contribution in [0.1, 0.15) is 45.1 Å². The average Bonchev–Trinajstić information content (AvgIpc) is 3.29. The van der Waals surface area contributed by atoms with E-state index >= 15 is 0 Å². The van der Waals surface area contributed by atoms with Crippen LogP contribution in [0.3, 0.4) is 0 Å². The van der Waals surface area contributed by atoms with Gasteiger partial charge in [0.1, 0.15) is 0 Å². The summed E-state index contributed by atoms with van der Waals surface area (Å²) in [6.07, 6.45) is 2.83. The van der Waals surface area contributed by atoms with Crippen LogP contribution in [0.25, 0.3) is 0 Å². The van der Waals surface area contributed by atoms with Crippen LogP contribution in [0, 0.1) is 5.92 Å². The molecule has 1 heterocycles. The molecule has 0 spiro atoms. The molecule has 110 valence electrons. The van der Waals surface area contributed by atoms with Crippen molar-refractivity contribution in [2.24, 2.45) is 5.92 Å². The Kier molecular flexibility index (Phi) is 3.87. The molecule has 0 aromatic heterocycles. The second-order valence-corrected chi connectivity index (χ2v) is 7.16. The first-order valence-electron chi connectivity index (χ1n) is 8.12. The molecule has 1 saturated carbocycles. The molecule has 1 aromatic carbocycles. The van der Waals surface area contributed by atoms with Gasteiger partial charge < -0.3 is 5.32 Å². The van der Waals surface area contributed by atoms with Crippen molar-refractivity contribution in [3.63, 3.8) is 0 Å². The molecule has 3 atom stereocenters. The first-order chi connectivity index (χ1) is 9.58. The third kappa shape index (κ3) is 2.91. The molecule has 1 aliphatic heterocycles. The summed E-state index contributed by atoms with van der Waals surface area (Å²) in [6, 6.07) is 11.6. The monoisotopic (exact) mass is 272 g/mol. The Morgan fingerprint density at radius 1 is 1.30 bits per heavy atom. The highest BCUT2D eigenvalue weighted by Gasteiger charge is 2.45. The van der Waals surface area contributed by atoms with Crippen molar-refractivity contribution in [3.8, 4) is 0 Å². The van der Waals surface area contributed by atoms with Gasteiger partial charge in [-0.3, -0.25) is 4.90 Å². The van der Waals surface area contributed by atoms with Gasteiger partial charge in [-0.05, 0) is 44.1 Å². The van der Waals surface area contributed by atoms with Gasteiger partial charge in [0.05, 0.1) is 0 Å². The lowest BCUT2D eigenvalue weighted by atomic mass is 9.90. The largest absolute Gasteiger partial charge is 0.308 e. The molecule has 1 saturated heterocycles. The van der Waals surface area contributed by atoms with E-state index in [0.717, 1.165) is 12.5 Å². The summed E-state index contributed by atoms with van der Waals surface area (Å²) in [7, 11) is 0. The maximum absolute atomic E-state index is 3.81. The van der Waals surface area contributed by atoms with Gasteiger partial charge in [-0.15, -0.1) is 0 Å². The van der Waals surface area contributed by atoms with E-state index in [-0.39, 0.29) is 0 Å². The highest BCUT2D eigenvalue weighted by molar-refractivity contribution is 5.19. The van der Waals surface area contributed by atoms with Gasteiger partial charge in [-0.1, -0.05) is 37.3 Å². The quantitative estimate of drug-likeness (QED) is 0.905. The molecule has 2 heteroatoms.